The molecule has 0 aromatic heterocycles. The molecular formula is C10H21NOS. The van der Waals surface area contributed by atoms with E-state index in [9.17, 15) is 4.79 Å². The maximum Gasteiger partial charge on any atom is 0.153 e. The molecule has 0 fully saturated rings. The lowest BCUT2D eigenvalue weighted by molar-refractivity contribution is -0.124. The van der Waals surface area contributed by atoms with Gasteiger partial charge in [0.25, 0.3) is 0 Å². The number of carbonyl (C=O) groups excluding carboxylic acids is 1. The largest absolute Gasteiger partial charge is 0.307 e. The quantitative estimate of drug-likeness (QED) is 0.668. The third kappa shape index (κ3) is 4.14. The minimum Gasteiger partial charge on any atom is -0.307 e. The summed E-state index contributed by atoms with van der Waals surface area (Å²) in [6.07, 6.45) is 0. The number of nitrogens with one attached hydrogen (secondary N) is 1. The first kappa shape index (κ1) is 13.0. The Kier molecular flexibility index (Phi) is 5.00. The molecule has 1 atom stereocenters. The molecule has 0 radical (unpaired) electrons. The SMILES string of the molecule is CCNC(C(=O)C(C)C)C(C)(C)S. The van der Waals surface area contributed by atoms with Gasteiger partial charge in [-0.1, -0.05) is 20.8 Å². The van der Waals surface area contributed by atoms with Crippen LogP contribution in [-0.2, 0) is 4.79 Å². The average molecular weight is 203 g/mol. The fourth-order valence-corrected chi connectivity index (χ4v) is 1.45. The third-order valence-corrected chi connectivity index (χ3v) is 2.23. The minimum atomic E-state index is -0.294. The molecule has 0 aliphatic heterocycles. The molecule has 0 rings (SSSR count). The van der Waals surface area contributed by atoms with Crippen LogP contribution in [0.4, 0.5) is 0 Å². The number of thiol groups is 1. The van der Waals surface area contributed by atoms with Crippen molar-refractivity contribution in [2.24, 2.45) is 5.92 Å². The summed E-state index contributed by atoms with van der Waals surface area (Å²) in [4.78, 5) is 11.8. The van der Waals surface area contributed by atoms with Gasteiger partial charge in [-0.05, 0) is 20.4 Å². The molecule has 0 heterocycles. The molecule has 0 aromatic carbocycles. The van der Waals surface area contributed by atoms with Crippen molar-refractivity contribution in [2.45, 2.75) is 45.4 Å². The number of hydrogen-bond acceptors (Lipinski definition) is 3. The minimum absolute atomic E-state index is 0.0653. The summed E-state index contributed by atoms with van der Waals surface area (Å²) in [5.74, 6) is 0.303. The Balaban J connectivity index is 4.52. The maximum atomic E-state index is 11.8. The van der Waals surface area contributed by atoms with Crippen molar-refractivity contribution in [1.29, 1.82) is 0 Å². The zero-order valence-electron chi connectivity index (χ0n) is 9.22. The van der Waals surface area contributed by atoms with Gasteiger partial charge in [0.1, 0.15) is 0 Å². The zero-order chi connectivity index (χ0) is 10.6. The van der Waals surface area contributed by atoms with Crippen LogP contribution in [-0.4, -0.2) is 23.1 Å². The number of carbonyl (C=O) groups is 1. The third-order valence-electron chi connectivity index (χ3n) is 1.97. The lowest BCUT2D eigenvalue weighted by Crippen LogP contribution is -2.50. The van der Waals surface area contributed by atoms with E-state index < -0.39 is 0 Å². The fraction of sp³-hybridized carbons (Fsp3) is 0.900. The first-order chi connectivity index (χ1) is 5.80. The van der Waals surface area contributed by atoms with Crippen LogP contribution >= 0.6 is 12.6 Å². The van der Waals surface area contributed by atoms with Crippen molar-refractivity contribution >= 4 is 18.4 Å². The molecule has 1 unspecified atom stereocenters. The van der Waals surface area contributed by atoms with Crippen LogP contribution in [0.2, 0.25) is 0 Å². The summed E-state index contributed by atoms with van der Waals surface area (Å²) in [6, 6.07) is -0.152. The summed E-state index contributed by atoms with van der Waals surface area (Å²) in [5, 5.41) is 3.18. The van der Waals surface area contributed by atoms with Gasteiger partial charge in [0.15, 0.2) is 5.78 Å². The molecule has 1 N–H and O–H groups in total. The molecule has 78 valence electrons. The van der Waals surface area contributed by atoms with Gasteiger partial charge in [-0.15, -0.1) is 0 Å². The van der Waals surface area contributed by atoms with Crippen molar-refractivity contribution in [3.63, 3.8) is 0 Å². The lowest BCUT2D eigenvalue weighted by atomic mass is 9.92. The second kappa shape index (κ2) is 5.01. The summed E-state index contributed by atoms with van der Waals surface area (Å²) < 4.78 is -0.294. The normalized spacial score (nSPS) is 14.7. The smallest absolute Gasteiger partial charge is 0.153 e. The first-order valence-electron chi connectivity index (χ1n) is 4.80. The Morgan fingerprint density at radius 1 is 1.46 bits per heavy atom. The maximum absolute atomic E-state index is 11.8. The highest BCUT2D eigenvalue weighted by atomic mass is 32.1. The fourth-order valence-electron chi connectivity index (χ4n) is 1.24. The van der Waals surface area contributed by atoms with Crippen LogP contribution in [0.25, 0.3) is 0 Å². The molecule has 0 spiro atoms. The molecule has 0 bridgehead atoms. The van der Waals surface area contributed by atoms with Gasteiger partial charge in [0.05, 0.1) is 6.04 Å². The molecule has 13 heavy (non-hydrogen) atoms. The highest BCUT2D eigenvalue weighted by molar-refractivity contribution is 7.81. The van der Waals surface area contributed by atoms with Crippen molar-refractivity contribution < 1.29 is 4.79 Å². The molecule has 2 nitrogen and oxygen atoms in total. The molecule has 0 saturated carbocycles. The average Bonchev–Trinajstić information content (AvgIpc) is 1.96. The van der Waals surface area contributed by atoms with E-state index in [1.807, 2.05) is 34.6 Å². The van der Waals surface area contributed by atoms with E-state index in [1.165, 1.54) is 0 Å². The van der Waals surface area contributed by atoms with Crippen LogP contribution in [0.5, 0.6) is 0 Å². The monoisotopic (exact) mass is 203 g/mol. The van der Waals surface area contributed by atoms with E-state index in [-0.39, 0.29) is 22.5 Å². The topological polar surface area (TPSA) is 29.1 Å². The van der Waals surface area contributed by atoms with E-state index in [2.05, 4.69) is 17.9 Å². The molecule has 3 heteroatoms. The van der Waals surface area contributed by atoms with Crippen molar-refractivity contribution in [1.82, 2.24) is 5.32 Å². The summed E-state index contributed by atoms with van der Waals surface area (Å²) in [6.45, 7) is 10.6. The van der Waals surface area contributed by atoms with Crippen LogP contribution in [0, 0.1) is 5.92 Å². The standard InChI is InChI=1S/C10H21NOS/c1-6-11-9(10(4,5)13)8(12)7(2)3/h7,9,11,13H,6H2,1-5H3. The molecule has 0 aromatic rings. The summed E-state index contributed by atoms with van der Waals surface area (Å²) >= 11 is 4.43. The van der Waals surface area contributed by atoms with Crippen LogP contribution in [0.1, 0.15) is 34.6 Å². The summed E-state index contributed by atoms with van der Waals surface area (Å²) in [5.41, 5.74) is 0. The number of hydrogen-bond donors (Lipinski definition) is 2. The van der Waals surface area contributed by atoms with Crippen molar-refractivity contribution in [3.05, 3.63) is 0 Å². The van der Waals surface area contributed by atoms with Crippen molar-refractivity contribution in [2.75, 3.05) is 6.54 Å². The number of rotatable bonds is 5. The Morgan fingerprint density at radius 3 is 2.15 bits per heavy atom. The van der Waals surface area contributed by atoms with E-state index in [0.29, 0.717) is 0 Å². The van der Waals surface area contributed by atoms with Gasteiger partial charge in [0, 0.05) is 10.7 Å². The number of ketones is 1. The number of likely N-dealkylation sites (N-methyl/N-ethyl adjacent to an activating group) is 1. The van der Waals surface area contributed by atoms with E-state index in [0.717, 1.165) is 6.54 Å². The second-order valence-electron chi connectivity index (χ2n) is 4.20. The Morgan fingerprint density at radius 2 is 1.92 bits per heavy atom. The van der Waals surface area contributed by atoms with E-state index in [4.69, 9.17) is 0 Å². The lowest BCUT2D eigenvalue weighted by Gasteiger charge is -2.30. The predicted molar refractivity (Wildman–Crippen MR) is 60.4 cm³/mol. The molecule has 0 saturated heterocycles. The Bertz CT molecular complexity index is 172. The van der Waals surface area contributed by atoms with Crippen LogP contribution in [0.3, 0.4) is 0 Å². The van der Waals surface area contributed by atoms with E-state index >= 15 is 0 Å². The van der Waals surface area contributed by atoms with Gasteiger partial charge in [-0.25, -0.2) is 0 Å². The molecule has 0 amide bonds. The number of Topliss-reactive ketones (excluding diaryl/α,β-unsaturated/α-hetero) is 1. The Labute approximate surface area is 86.9 Å². The van der Waals surface area contributed by atoms with Crippen molar-refractivity contribution in [3.8, 4) is 0 Å². The first-order valence-corrected chi connectivity index (χ1v) is 5.25. The van der Waals surface area contributed by atoms with Crippen LogP contribution < -0.4 is 5.32 Å². The molecule has 0 aliphatic rings. The van der Waals surface area contributed by atoms with Gasteiger partial charge in [-0.2, -0.15) is 12.6 Å². The zero-order valence-corrected chi connectivity index (χ0v) is 10.1. The van der Waals surface area contributed by atoms with Gasteiger partial charge in [-0.3, -0.25) is 4.79 Å². The van der Waals surface area contributed by atoms with Crippen LogP contribution in [0.15, 0.2) is 0 Å². The van der Waals surface area contributed by atoms with Gasteiger partial charge < -0.3 is 5.32 Å². The van der Waals surface area contributed by atoms with Gasteiger partial charge >= 0.3 is 0 Å². The highest BCUT2D eigenvalue weighted by Gasteiger charge is 2.32. The van der Waals surface area contributed by atoms with Gasteiger partial charge in [0.2, 0.25) is 0 Å². The Hall–Kier alpha value is -0.0200. The summed E-state index contributed by atoms with van der Waals surface area (Å²) in [7, 11) is 0. The molecular weight excluding hydrogens is 182 g/mol. The second-order valence-corrected chi connectivity index (χ2v) is 5.35. The highest BCUT2D eigenvalue weighted by Crippen LogP contribution is 2.20. The predicted octanol–water partition coefficient (Wildman–Crippen LogP) is 1.90. The molecule has 0 aliphatic carbocycles. The van der Waals surface area contributed by atoms with E-state index in [1.54, 1.807) is 0 Å².